The van der Waals surface area contributed by atoms with Crippen LogP contribution >= 0.6 is 11.6 Å². The average molecular weight is 288 g/mol. The van der Waals surface area contributed by atoms with Gasteiger partial charge in [-0.2, -0.15) is 0 Å². The molecule has 0 bridgehead atoms. The fraction of sp³-hybridized carbons (Fsp3) is 0. The zero-order chi connectivity index (χ0) is 14.3. The monoisotopic (exact) mass is 287 g/mol. The molecule has 1 aromatic carbocycles. The summed E-state index contributed by atoms with van der Waals surface area (Å²) in [6.07, 6.45) is 1.70. The van der Waals surface area contributed by atoms with Crippen molar-refractivity contribution in [1.82, 2.24) is 9.38 Å². The summed E-state index contributed by atoms with van der Waals surface area (Å²) in [5.41, 5.74) is 7.41. The third kappa shape index (κ3) is 1.98. The normalized spacial score (nSPS) is 10.8. The molecule has 0 unspecified atom stereocenters. The maximum atomic E-state index is 11.3. The molecule has 3 rings (SSSR count). The van der Waals surface area contributed by atoms with Gasteiger partial charge in [-0.25, -0.2) is 9.78 Å². The van der Waals surface area contributed by atoms with Crippen LogP contribution in [0.2, 0.25) is 5.02 Å². The highest BCUT2D eigenvalue weighted by Gasteiger charge is 2.17. The van der Waals surface area contributed by atoms with Gasteiger partial charge in [0.25, 0.3) is 0 Å². The van der Waals surface area contributed by atoms with Crippen LogP contribution in [0, 0.1) is 0 Å². The molecule has 0 aliphatic rings. The summed E-state index contributed by atoms with van der Waals surface area (Å²) in [5, 5.41) is 9.85. The summed E-state index contributed by atoms with van der Waals surface area (Å²) in [4.78, 5) is 15.5. The van der Waals surface area contributed by atoms with E-state index >= 15 is 0 Å². The Labute approximate surface area is 119 Å². The topological polar surface area (TPSA) is 80.6 Å². The third-order valence-electron chi connectivity index (χ3n) is 2.97. The van der Waals surface area contributed by atoms with Gasteiger partial charge in [0.2, 0.25) is 0 Å². The van der Waals surface area contributed by atoms with Crippen molar-refractivity contribution in [3.63, 3.8) is 0 Å². The minimum atomic E-state index is -1.09. The van der Waals surface area contributed by atoms with E-state index in [1.54, 1.807) is 47.0 Å². The van der Waals surface area contributed by atoms with E-state index in [9.17, 15) is 9.90 Å². The number of rotatable bonds is 2. The van der Waals surface area contributed by atoms with Crippen LogP contribution in [-0.2, 0) is 0 Å². The number of imidazole rings is 1. The number of hydrogen-bond acceptors (Lipinski definition) is 3. The van der Waals surface area contributed by atoms with Crippen molar-refractivity contribution in [1.29, 1.82) is 0 Å². The zero-order valence-corrected chi connectivity index (χ0v) is 11.0. The van der Waals surface area contributed by atoms with E-state index in [-0.39, 0.29) is 5.69 Å². The van der Waals surface area contributed by atoms with Gasteiger partial charge >= 0.3 is 5.97 Å². The number of nitrogens with two attached hydrogens (primary N) is 1. The molecule has 0 amide bonds. The lowest BCUT2D eigenvalue weighted by molar-refractivity contribution is 0.0693. The van der Waals surface area contributed by atoms with Crippen LogP contribution < -0.4 is 5.73 Å². The average Bonchev–Trinajstić information content (AvgIpc) is 2.78. The fourth-order valence-corrected chi connectivity index (χ4v) is 2.19. The van der Waals surface area contributed by atoms with Gasteiger partial charge in [-0.1, -0.05) is 11.6 Å². The van der Waals surface area contributed by atoms with Gasteiger partial charge in [0.05, 0.1) is 5.52 Å². The molecule has 2 heterocycles. The summed E-state index contributed by atoms with van der Waals surface area (Å²) in [6, 6.07) is 10.3. The number of nitrogens with zero attached hydrogens (tertiary/aromatic N) is 2. The first kappa shape index (κ1) is 12.5. The number of halogens is 1. The van der Waals surface area contributed by atoms with Crippen molar-refractivity contribution in [3.05, 3.63) is 53.3 Å². The highest BCUT2D eigenvalue weighted by atomic mass is 35.5. The quantitative estimate of drug-likeness (QED) is 0.759. The van der Waals surface area contributed by atoms with Gasteiger partial charge in [0, 0.05) is 22.5 Å². The summed E-state index contributed by atoms with van der Waals surface area (Å²) in [6.45, 7) is 0. The minimum Gasteiger partial charge on any atom is -0.476 e. The second kappa shape index (κ2) is 4.54. The number of anilines is 1. The molecule has 0 aliphatic heterocycles. The number of nitrogen functional groups attached to an aromatic ring is 1. The Morgan fingerprint density at radius 1 is 1.25 bits per heavy atom. The van der Waals surface area contributed by atoms with Crippen molar-refractivity contribution >= 4 is 28.8 Å². The summed E-state index contributed by atoms with van der Waals surface area (Å²) < 4.78 is 1.70. The third-order valence-corrected chi connectivity index (χ3v) is 3.22. The second-order valence-corrected chi connectivity index (χ2v) is 4.75. The van der Waals surface area contributed by atoms with Gasteiger partial charge in [-0.3, -0.25) is 4.40 Å². The van der Waals surface area contributed by atoms with Crippen LogP contribution in [0.25, 0.3) is 16.9 Å². The van der Waals surface area contributed by atoms with E-state index in [4.69, 9.17) is 17.3 Å². The van der Waals surface area contributed by atoms with Crippen LogP contribution in [0.15, 0.2) is 42.6 Å². The number of carbonyl (C=O) groups is 1. The standard InChI is InChI=1S/C14H10ClN3O2/c15-9-3-1-8(2-4-9)13-17-12(14(19)20)11-7-10(16)5-6-18(11)13/h1-7H,16H2,(H,19,20). The SMILES string of the molecule is Nc1ccn2c(-c3ccc(Cl)cc3)nc(C(=O)O)c2c1. The Balaban J connectivity index is 2.31. The van der Waals surface area contributed by atoms with Crippen molar-refractivity contribution < 1.29 is 9.90 Å². The lowest BCUT2D eigenvalue weighted by atomic mass is 10.2. The Kier molecular flexibility index (Phi) is 2.84. The maximum absolute atomic E-state index is 11.3. The molecule has 20 heavy (non-hydrogen) atoms. The summed E-state index contributed by atoms with van der Waals surface area (Å²) in [5.74, 6) is -0.553. The highest BCUT2D eigenvalue weighted by Crippen LogP contribution is 2.25. The van der Waals surface area contributed by atoms with Crippen LogP contribution in [0.4, 0.5) is 5.69 Å². The number of hydrogen-bond donors (Lipinski definition) is 2. The molecule has 6 heteroatoms. The molecule has 3 aromatic rings. The largest absolute Gasteiger partial charge is 0.476 e. The lowest BCUT2D eigenvalue weighted by Crippen LogP contribution is -1.97. The van der Waals surface area contributed by atoms with Gasteiger partial charge in [-0.05, 0) is 36.4 Å². The number of carboxylic acid groups (broad SMARTS) is 1. The molecule has 0 radical (unpaired) electrons. The molecular formula is C14H10ClN3O2. The number of pyridine rings is 1. The van der Waals surface area contributed by atoms with Crippen LogP contribution in [-0.4, -0.2) is 20.5 Å². The lowest BCUT2D eigenvalue weighted by Gasteiger charge is -2.02. The molecule has 0 saturated heterocycles. The minimum absolute atomic E-state index is 0.0257. The number of benzene rings is 1. The van der Waals surface area contributed by atoms with Gasteiger partial charge < -0.3 is 10.8 Å². The Morgan fingerprint density at radius 3 is 2.60 bits per heavy atom. The first-order chi connectivity index (χ1) is 9.56. The number of fused-ring (bicyclic) bond motifs is 1. The molecule has 100 valence electrons. The second-order valence-electron chi connectivity index (χ2n) is 4.31. The number of aromatic nitrogens is 2. The van der Waals surface area contributed by atoms with E-state index in [1.165, 1.54) is 0 Å². The molecule has 0 saturated carbocycles. The molecule has 2 aromatic heterocycles. The smallest absolute Gasteiger partial charge is 0.356 e. The fourth-order valence-electron chi connectivity index (χ4n) is 2.06. The number of carboxylic acids is 1. The van der Waals surface area contributed by atoms with E-state index < -0.39 is 5.97 Å². The van der Waals surface area contributed by atoms with Crippen molar-refractivity contribution in [2.45, 2.75) is 0 Å². The molecule has 0 spiro atoms. The number of aromatic carboxylic acids is 1. The predicted molar refractivity (Wildman–Crippen MR) is 77.0 cm³/mol. The summed E-state index contributed by atoms with van der Waals surface area (Å²) >= 11 is 5.86. The zero-order valence-electron chi connectivity index (χ0n) is 10.2. The van der Waals surface area contributed by atoms with Crippen LogP contribution in [0.5, 0.6) is 0 Å². The van der Waals surface area contributed by atoms with Gasteiger partial charge in [-0.15, -0.1) is 0 Å². The van der Waals surface area contributed by atoms with Crippen molar-refractivity contribution in [2.24, 2.45) is 0 Å². The Hall–Kier alpha value is -2.53. The first-order valence-electron chi connectivity index (χ1n) is 5.83. The van der Waals surface area contributed by atoms with Gasteiger partial charge in [0.1, 0.15) is 5.82 Å². The van der Waals surface area contributed by atoms with E-state index in [0.29, 0.717) is 22.1 Å². The molecule has 0 aliphatic carbocycles. The summed E-state index contributed by atoms with van der Waals surface area (Å²) in [7, 11) is 0. The molecule has 0 fully saturated rings. The van der Waals surface area contributed by atoms with Crippen molar-refractivity contribution in [3.8, 4) is 11.4 Å². The maximum Gasteiger partial charge on any atom is 0.356 e. The van der Waals surface area contributed by atoms with Crippen molar-refractivity contribution in [2.75, 3.05) is 5.73 Å². The first-order valence-corrected chi connectivity index (χ1v) is 6.21. The molecule has 0 atom stereocenters. The Morgan fingerprint density at radius 2 is 1.95 bits per heavy atom. The predicted octanol–water partition coefficient (Wildman–Crippen LogP) is 2.94. The van der Waals surface area contributed by atoms with Crippen LogP contribution in [0.1, 0.15) is 10.5 Å². The van der Waals surface area contributed by atoms with E-state index in [0.717, 1.165) is 5.56 Å². The van der Waals surface area contributed by atoms with E-state index in [2.05, 4.69) is 4.98 Å². The van der Waals surface area contributed by atoms with Gasteiger partial charge in [0.15, 0.2) is 5.69 Å². The molecular weight excluding hydrogens is 278 g/mol. The Bertz CT molecular complexity index is 809. The van der Waals surface area contributed by atoms with E-state index in [1.807, 2.05) is 0 Å². The molecule has 3 N–H and O–H groups in total. The van der Waals surface area contributed by atoms with Crippen LogP contribution in [0.3, 0.4) is 0 Å². The highest BCUT2D eigenvalue weighted by molar-refractivity contribution is 6.30. The molecule has 5 nitrogen and oxygen atoms in total.